The van der Waals surface area contributed by atoms with E-state index in [1.165, 1.54) is 0 Å². The zero-order valence-electron chi connectivity index (χ0n) is 13.7. The van der Waals surface area contributed by atoms with Gasteiger partial charge in [-0.25, -0.2) is 0 Å². The van der Waals surface area contributed by atoms with Crippen LogP contribution in [-0.2, 0) is 4.79 Å². The van der Waals surface area contributed by atoms with E-state index in [0.29, 0.717) is 23.9 Å². The molecule has 0 aliphatic carbocycles. The van der Waals surface area contributed by atoms with Gasteiger partial charge in [0.05, 0.1) is 17.3 Å². The molecule has 2 aromatic rings. The number of aryl methyl sites for hydroxylation is 1. The van der Waals surface area contributed by atoms with E-state index in [1.807, 2.05) is 55.3 Å². The van der Waals surface area contributed by atoms with Gasteiger partial charge >= 0.3 is 0 Å². The number of anilines is 1. The molecular formula is C18H20BrClN2O2. The summed E-state index contributed by atoms with van der Waals surface area (Å²) in [5.74, 6) is 0.584. The number of halogens is 2. The van der Waals surface area contributed by atoms with Gasteiger partial charge in [0.1, 0.15) is 12.4 Å². The minimum atomic E-state index is -0.0696. The molecule has 0 atom stereocenters. The van der Waals surface area contributed by atoms with Crippen LogP contribution in [0.2, 0.25) is 5.02 Å². The second kappa shape index (κ2) is 9.06. The van der Waals surface area contributed by atoms with E-state index in [2.05, 4.69) is 21.2 Å². The van der Waals surface area contributed by atoms with Crippen molar-refractivity contribution in [3.63, 3.8) is 0 Å². The SMILES string of the molecule is Cc1ccc(NC(=O)CN(C)CCOc2ccccc2Cl)c(Br)c1. The smallest absolute Gasteiger partial charge is 0.238 e. The summed E-state index contributed by atoms with van der Waals surface area (Å²) in [6, 6.07) is 13.2. The van der Waals surface area contributed by atoms with E-state index in [4.69, 9.17) is 16.3 Å². The lowest BCUT2D eigenvalue weighted by Crippen LogP contribution is -2.33. The maximum absolute atomic E-state index is 12.1. The lowest BCUT2D eigenvalue weighted by Gasteiger charge is -2.17. The third-order valence-corrected chi connectivity index (χ3v) is 4.35. The fourth-order valence-corrected chi connectivity index (χ4v) is 2.89. The van der Waals surface area contributed by atoms with Gasteiger partial charge in [-0.05, 0) is 59.7 Å². The molecule has 0 spiro atoms. The number of hydrogen-bond acceptors (Lipinski definition) is 3. The van der Waals surface area contributed by atoms with Crippen molar-refractivity contribution in [1.29, 1.82) is 0 Å². The van der Waals surface area contributed by atoms with E-state index >= 15 is 0 Å². The first kappa shape index (κ1) is 18.8. The third-order valence-electron chi connectivity index (χ3n) is 3.38. The van der Waals surface area contributed by atoms with E-state index in [9.17, 15) is 4.79 Å². The zero-order chi connectivity index (χ0) is 17.5. The van der Waals surface area contributed by atoms with Crippen molar-refractivity contribution < 1.29 is 9.53 Å². The molecule has 0 aromatic heterocycles. The van der Waals surface area contributed by atoms with Crippen molar-refractivity contribution >= 4 is 39.1 Å². The normalized spacial score (nSPS) is 10.7. The van der Waals surface area contributed by atoms with Crippen molar-refractivity contribution in [1.82, 2.24) is 4.90 Å². The average Bonchev–Trinajstić information content (AvgIpc) is 2.52. The molecule has 0 heterocycles. The van der Waals surface area contributed by atoms with Crippen LogP contribution in [-0.4, -0.2) is 37.6 Å². The van der Waals surface area contributed by atoms with E-state index in [0.717, 1.165) is 15.7 Å². The highest BCUT2D eigenvalue weighted by Crippen LogP contribution is 2.24. The number of nitrogens with one attached hydrogen (secondary N) is 1. The Labute approximate surface area is 155 Å². The highest BCUT2D eigenvalue weighted by Gasteiger charge is 2.09. The maximum Gasteiger partial charge on any atom is 0.238 e. The summed E-state index contributed by atoms with van der Waals surface area (Å²) < 4.78 is 6.50. The second-order valence-electron chi connectivity index (χ2n) is 5.55. The number of carbonyl (C=O) groups excluding carboxylic acids is 1. The highest BCUT2D eigenvalue weighted by molar-refractivity contribution is 9.10. The summed E-state index contributed by atoms with van der Waals surface area (Å²) in [6.45, 7) is 3.37. The van der Waals surface area contributed by atoms with E-state index in [-0.39, 0.29) is 12.5 Å². The monoisotopic (exact) mass is 410 g/mol. The van der Waals surface area contributed by atoms with Crippen LogP contribution in [0.1, 0.15) is 5.56 Å². The van der Waals surface area contributed by atoms with Gasteiger partial charge in [-0.3, -0.25) is 9.69 Å². The van der Waals surface area contributed by atoms with Crippen LogP contribution in [0.5, 0.6) is 5.75 Å². The van der Waals surface area contributed by atoms with Gasteiger partial charge < -0.3 is 10.1 Å². The molecule has 24 heavy (non-hydrogen) atoms. The molecule has 0 radical (unpaired) electrons. The Kier molecular flexibility index (Phi) is 7.09. The van der Waals surface area contributed by atoms with Crippen molar-refractivity contribution in [2.75, 3.05) is 32.1 Å². The fraction of sp³-hybridized carbons (Fsp3) is 0.278. The molecule has 1 N–H and O–H groups in total. The lowest BCUT2D eigenvalue weighted by molar-refractivity contribution is -0.117. The van der Waals surface area contributed by atoms with E-state index < -0.39 is 0 Å². The summed E-state index contributed by atoms with van der Waals surface area (Å²) in [5.41, 5.74) is 1.90. The minimum absolute atomic E-state index is 0.0696. The Bertz CT molecular complexity index is 709. The number of amides is 1. The Hall–Kier alpha value is -1.56. The predicted molar refractivity (Wildman–Crippen MR) is 102 cm³/mol. The quantitative estimate of drug-likeness (QED) is 0.736. The summed E-state index contributed by atoms with van der Waals surface area (Å²) in [7, 11) is 1.87. The van der Waals surface area contributed by atoms with Crippen LogP contribution in [0.3, 0.4) is 0 Å². The molecule has 0 bridgehead atoms. The minimum Gasteiger partial charge on any atom is -0.491 e. The van der Waals surface area contributed by atoms with Crippen LogP contribution >= 0.6 is 27.5 Å². The van der Waals surface area contributed by atoms with Crippen LogP contribution < -0.4 is 10.1 Å². The van der Waals surface area contributed by atoms with Gasteiger partial charge in [0.2, 0.25) is 5.91 Å². The first-order chi connectivity index (χ1) is 11.5. The van der Waals surface area contributed by atoms with Crippen molar-refractivity contribution in [2.24, 2.45) is 0 Å². The average molecular weight is 412 g/mol. The fourth-order valence-electron chi connectivity index (χ4n) is 2.11. The summed E-state index contributed by atoms with van der Waals surface area (Å²) in [5, 5.41) is 3.48. The number of carbonyl (C=O) groups is 1. The third kappa shape index (κ3) is 5.82. The van der Waals surface area contributed by atoms with Crippen molar-refractivity contribution in [3.05, 3.63) is 57.5 Å². The first-order valence-corrected chi connectivity index (χ1v) is 8.74. The first-order valence-electron chi connectivity index (χ1n) is 7.57. The molecule has 0 aliphatic heterocycles. The molecule has 0 saturated heterocycles. The Morgan fingerprint density at radius 2 is 2.04 bits per heavy atom. The molecule has 2 aromatic carbocycles. The van der Waals surface area contributed by atoms with Gasteiger partial charge in [-0.15, -0.1) is 0 Å². The van der Waals surface area contributed by atoms with Crippen molar-refractivity contribution in [3.8, 4) is 5.75 Å². The Morgan fingerprint density at radius 3 is 2.75 bits per heavy atom. The van der Waals surface area contributed by atoms with Crippen LogP contribution in [0, 0.1) is 6.92 Å². The molecule has 0 aliphatic rings. The number of para-hydroxylation sites is 1. The largest absolute Gasteiger partial charge is 0.491 e. The zero-order valence-corrected chi connectivity index (χ0v) is 16.0. The maximum atomic E-state index is 12.1. The molecule has 0 fully saturated rings. The van der Waals surface area contributed by atoms with Gasteiger partial charge in [0.25, 0.3) is 0 Å². The van der Waals surface area contributed by atoms with Crippen LogP contribution in [0.25, 0.3) is 0 Å². The number of benzene rings is 2. The number of rotatable bonds is 7. The standard InChI is InChI=1S/C18H20BrClN2O2/c1-13-7-8-16(14(19)11-13)21-18(23)12-22(2)9-10-24-17-6-4-3-5-15(17)20/h3-8,11H,9-10,12H2,1-2H3,(H,21,23). The number of nitrogens with zero attached hydrogens (tertiary/aromatic N) is 1. The summed E-state index contributed by atoms with van der Waals surface area (Å²) >= 11 is 9.49. The summed E-state index contributed by atoms with van der Waals surface area (Å²) in [6.07, 6.45) is 0. The molecule has 2 rings (SSSR count). The topological polar surface area (TPSA) is 41.6 Å². The number of ether oxygens (including phenoxy) is 1. The number of hydrogen-bond donors (Lipinski definition) is 1. The van der Waals surface area contributed by atoms with Gasteiger partial charge in [-0.2, -0.15) is 0 Å². The summed E-state index contributed by atoms with van der Waals surface area (Å²) in [4.78, 5) is 14.0. The van der Waals surface area contributed by atoms with Gasteiger partial charge in [0, 0.05) is 11.0 Å². The molecule has 6 heteroatoms. The highest BCUT2D eigenvalue weighted by atomic mass is 79.9. The molecular weight excluding hydrogens is 392 g/mol. The molecule has 4 nitrogen and oxygen atoms in total. The van der Waals surface area contributed by atoms with Crippen molar-refractivity contribution in [2.45, 2.75) is 6.92 Å². The molecule has 128 valence electrons. The van der Waals surface area contributed by atoms with Gasteiger partial charge in [-0.1, -0.05) is 29.8 Å². The Balaban J connectivity index is 1.76. The van der Waals surface area contributed by atoms with E-state index in [1.54, 1.807) is 6.07 Å². The van der Waals surface area contributed by atoms with Gasteiger partial charge in [0.15, 0.2) is 0 Å². The predicted octanol–water partition coefficient (Wildman–Crippen LogP) is 4.36. The van der Waals surface area contributed by atoms with Crippen LogP contribution in [0.15, 0.2) is 46.9 Å². The molecule has 0 unspecified atom stereocenters. The number of likely N-dealkylation sites (N-methyl/N-ethyl adjacent to an activating group) is 1. The lowest BCUT2D eigenvalue weighted by atomic mass is 10.2. The Morgan fingerprint density at radius 1 is 1.29 bits per heavy atom. The molecule has 0 saturated carbocycles. The van der Waals surface area contributed by atoms with Crippen LogP contribution in [0.4, 0.5) is 5.69 Å². The molecule has 1 amide bonds. The second-order valence-corrected chi connectivity index (χ2v) is 6.81.